The van der Waals surface area contributed by atoms with Crippen molar-refractivity contribution in [3.05, 3.63) is 0 Å². The normalized spacial score (nSPS) is 21.4. The van der Waals surface area contributed by atoms with Crippen molar-refractivity contribution < 1.29 is 16.8 Å². The Kier molecular flexibility index (Phi) is 8.64. The highest BCUT2D eigenvalue weighted by Crippen LogP contribution is 2.25. The monoisotopic (exact) mass is 394 g/mol. The molecule has 0 spiro atoms. The first kappa shape index (κ1) is 21.1. The van der Waals surface area contributed by atoms with E-state index in [1.165, 1.54) is 12.8 Å². The highest BCUT2D eigenvalue weighted by molar-refractivity contribution is 7.89. The third-order valence-corrected chi connectivity index (χ3v) is 8.47. The standard InChI is InChI=1S/C17H34N2O4S2/c20-24(21,14-16-8-3-1-4-9-16)18-12-7-13-19-25(22,23)15-17-10-5-2-6-11-17/h16-19H,1-15H2. The van der Waals surface area contributed by atoms with Crippen LogP contribution in [0.25, 0.3) is 0 Å². The molecule has 0 heterocycles. The maximum absolute atomic E-state index is 12.1. The first-order valence-electron chi connectivity index (χ1n) is 9.81. The highest BCUT2D eigenvalue weighted by Gasteiger charge is 2.22. The Morgan fingerprint density at radius 1 is 0.600 bits per heavy atom. The van der Waals surface area contributed by atoms with Crippen LogP contribution in [0, 0.1) is 11.8 Å². The van der Waals surface area contributed by atoms with Crippen LogP contribution < -0.4 is 9.44 Å². The number of rotatable bonds is 10. The summed E-state index contributed by atoms with van der Waals surface area (Å²) in [5, 5.41) is 0. The minimum absolute atomic E-state index is 0.209. The molecule has 0 saturated heterocycles. The second-order valence-electron chi connectivity index (χ2n) is 7.71. The van der Waals surface area contributed by atoms with Crippen molar-refractivity contribution in [1.29, 1.82) is 0 Å². The Morgan fingerprint density at radius 2 is 0.960 bits per heavy atom. The van der Waals surface area contributed by atoms with Crippen LogP contribution >= 0.6 is 0 Å². The minimum Gasteiger partial charge on any atom is -0.215 e. The van der Waals surface area contributed by atoms with E-state index in [-0.39, 0.29) is 23.3 Å². The zero-order valence-electron chi connectivity index (χ0n) is 15.2. The molecule has 0 aliphatic heterocycles. The lowest BCUT2D eigenvalue weighted by Gasteiger charge is -2.21. The zero-order valence-corrected chi connectivity index (χ0v) is 16.8. The largest absolute Gasteiger partial charge is 0.215 e. The van der Waals surface area contributed by atoms with Crippen molar-refractivity contribution in [2.75, 3.05) is 24.6 Å². The van der Waals surface area contributed by atoms with Crippen LogP contribution in [0.15, 0.2) is 0 Å². The Morgan fingerprint density at radius 3 is 1.32 bits per heavy atom. The van der Waals surface area contributed by atoms with Crippen molar-refractivity contribution in [1.82, 2.24) is 9.44 Å². The van der Waals surface area contributed by atoms with Gasteiger partial charge in [-0.3, -0.25) is 0 Å². The van der Waals surface area contributed by atoms with Gasteiger partial charge < -0.3 is 0 Å². The summed E-state index contributed by atoms with van der Waals surface area (Å²) in [5.41, 5.74) is 0. The quantitative estimate of drug-likeness (QED) is 0.556. The Hall–Kier alpha value is -0.180. The molecule has 0 aromatic heterocycles. The number of sulfonamides is 2. The predicted molar refractivity (Wildman–Crippen MR) is 101 cm³/mol. The van der Waals surface area contributed by atoms with E-state index < -0.39 is 20.0 Å². The fraction of sp³-hybridized carbons (Fsp3) is 1.00. The molecule has 0 atom stereocenters. The molecule has 0 unspecified atom stereocenters. The summed E-state index contributed by atoms with van der Waals surface area (Å²) in [4.78, 5) is 0. The summed E-state index contributed by atoms with van der Waals surface area (Å²) in [5.74, 6) is 0.973. The van der Waals surface area contributed by atoms with Gasteiger partial charge in [-0.05, 0) is 43.9 Å². The minimum atomic E-state index is -3.25. The van der Waals surface area contributed by atoms with Gasteiger partial charge in [-0.25, -0.2) is 26.3 Å². The number of hydrogen-bond acceptors (Lipinski definition) is 4. The van der Waals surface area contributed by atoms with E-state index in [2.05, 4.69) is 9.44 Å². The molecule has 2 saturated carbocycles. The third-order valence-electron chi connectivity index (χ3n) is 5.36. The highest BCUT2D eigenvalue weighted by atomic mass is 32.2. The average Bonchev–Trinajstić information content (AvgIpc) is 2.55. The molecule has 0 bridgehead atoms. The van der Waals surface area contributed by atoms with Crippen molar-refractivity contribution in [2.45, 2.75) is 70.6 Å². The molecule has 148 valence electrons. The molecule has 0 radical (unpaired) electrons. The topological polar surface area (TPSA) is 92.3 Å². The van der Waals surface area contributed by atoms with Crippen LogP contribution in [-0.4, -0.2) is 41.4 Å². The van der Waals surface area contributed by atoms with Gasteiger partial charge in [0.1, 0.15) is 0 Å². The summed E-state index contributed by atoms with van der Waals surface area (Å²) in [6.45, 7) is 0.585. The summed E-state index contributed by atoms with van der Waals surface area (Å²) in [6.07, 6.45) is 11.4. The molecule has 25 heavy (non-hydrogen) atoms. The maximum Gasteiger partial charge on any atom is 0.211 e. The molecule has 0 aromatic rings. The van der Waals surface area contributed by atoms with E-state index in [0.29, 0.717) is 19.5 Å². The van der Waals surface area contributed by atoms with Gasteiger partial charge in [0.05, 0.1) is 11.5 Å². The predicted octanol–water partition coefficient (Wildman–Crippen LogP) is 2.38. The van der Waals surface area contributed by atoms with Gasteiger partial charge in [0, 0.05) is 13.1 Å². The second-order valence-corrected chi connectivity index (χ2v) is 11.4. The SMILES string of the molecule is O=S(=O)(CC1CCCCC1)NCCCNS(=O)(=O)CC1CCCCC1. The lowest BCUT2D eigenvalue weighted by atomic mass is 9.91. The van der Waals surface area contributed by atoms with Gasteiger partial charge in [0.25, 0.3) is 0 Å². The van der Waals surface area contributed by atoms with Crippen molar-refractivity contribution >= 4 is 20.0 Å². The van der Waals surface area contributed by atoms with E-state index in [1.807, 2.05) is 0 Å². The summed E-state index contributed by atoms with van der Waals surface area (Å²) >= 11 is 0. The van der Waals surface area contributed by atoms with E-state index in [0.717, 1.165) is 51.4 Å². The fourth-order valence-corrected chi connectivity index (χ4v) is 7.04. The Balaban J connectivity index is 1.59. The summed E-state index contributed by atoms with van der Waals surface area (Å²) < 4.78 is 53.5. The van der Waals surface area contributed by atoms with Crippen molar-refractivity contribution in [3.63, 3.8) is 0 Å². The van der Waals surface area contributed by atoms with Gasteiger partial charge in [0.2, 0.25) is 20.0 Å². The molecular formula is C17H34N2O4S2. The molecule has 8 heteroatoms. The van der Waals surface area contributed by atoms with Crippen molar-refractivity contribution in [3.8, 4) is 0 Å². The molecule has 2 aliphatic carbocycles. The Bertz CT molecular complexity index is 526. The molecule has 0 amide bonds. The summed E-state index contributed by atoms with van der Waals surface area (Å²) in [7, 11) is -6.49. The molecule has 0 aromatic carbocycles. The third kappa shape index (κ3) is 8.84. The molecule has 2 aliphatic rings. The van der Waals surface area contributed by atoms with Crippen LogP contribution in [0.2, 0.25) is 0 Å². The molecule has 2 rings (SSSR count). The van der Waals surface area contributed by atoms with Gasteiger partial charge >= 0.3 is 0 Å². The number of hydrogen-bond donors (Lipinski definition) is 2. The van der Waals surface area contributed by atoms with Gasteiger partial charge in [0.15, 0.2) is 0 Å². The number of nitrogens with one attached hydrogen (secondary N) is 2. The summed E-state index contributed by atoms with van der Waals surface area (Å²) in [6, 6.07) is 0. The molecule has 6 nitrogen and oxygen atoms in total. The zero-order chi connectivity index (χ0) is 18.2. The van der Waals surface area contributed by atoms with Crippen LogP contribution in [0.3, 0.4) is 0 Å². The van der Waals surface area contributed by atoms with E-state index in [1.54, 1.807) is 0 Å². The maximum atomic E-state index is 12.1. The fourth-order valence-electron chi connectivity index (χ4n) is 3.99. The Labute approximate surface area is 153 Å². The van der Waals surface area contributed by atoms with Crippen LogP contribution in [0.5, 0.6) is 0 Å². The van der Waals surface area contributed by atoms with Gasteiger partial charge in [-0.1, -0.05) is 38.5 Å². The lowest BCUT2D eigenvalue weighted by molar-refractivity contribution is 0.383. The first-order chi connectivity index (χ1) is 11.9. The van der Waals surface area contributed by atoms with E-state index >= 15 is 0 Å². The van der Waals surface area contributed by atoms with Crippen LogP contribution in [-0.2, 0) is 20.0 Å². The second kappa shape index (κ2) is 10.2. The first-order valence-corrected chi connectivity index (χ1v) is 13.1. The van der Waals surface area contributed by atoms with Gasteiger partial charge in [-0.15, -0.1) is 0 Å². The lowest BCUT2D eigenvalue weighted by Crippen LogP contribution is -2.35. The molecular weight excluding hydrogens is 360 g/mol. The van der Waals surface area contributed by atoms with Crippen LogP contribution in [0.4, 0.5) is 0 Å². The smallest absolute Gasteiger partial charge is 0.211 e. The van der Waals surface area contributed by atoms with Crippen molar-refractivity contribution in [2.24, 2.45) is 11.8 Å². The van der Waals surface area contributed by atoms with E-state index in [4.69, 9.17) is 0 Å². The van der Waals surface area contributed by atoms with Gasteiger partial charge in [-0.2, -0.15) is 0 Å². The van der Waals surface area contributed by atoms with Crippen LogP contribution in [0.1, 0.15) is 70.6 Å². The molecule has 2 N–H and O–H groups in total. The average molecular weight is 395 g/mol. The molecule has 2 fully saturated rings. The van der Waals surface area contributed by atoms with E-state index in [9.17, 15) is 16.8 Å².